The molecular weight excluding hydrogens is 220 g/mol. The second kappa shape index (κ2) is 6.93. The molecule has 1 rings (SSSR count). The van der Waals surface area contributed by atoms with Crippen LogP contribution in [0.4, 0.5) is 0 Å². The molecule has 3 N–H and O–H groups in total. The van der Waals surface area contributed by atoms with E-state index in [0.717, 1.165) is 19.4 Å². The monoisotopic (exact) mass is 244 g/mol. The molecule has 1 heterocycles. The maximum absolute atomic E-state index is 11.4. The van der Waals surface area contributed by atoms with Crippen LogP contribution in [-0.4, -0.2) is 43.9 Å². The number of amides is 1. The first-order valence-electron chi connectivity index (χ1n) is 6.22. The fourth-order valence-electron chi connectivity index (χ4n) is 1.57. The summed E-state index contributed by atoms with van der Waals surface area (Å²) in [5, 5.41) is 2.78. The average Bonchev–Trinajstić information content (AvgIpc) is 2.73. The average molecular weight is 244 g/mol. The SMILES string of the molecule is CC(C)(N)CNC(=O)CCOCC1CCCO1. The number of nitrogens with two attached hydrogens (primary N) is 1. The summed E-state index contributed by atoms with van der Waals surface area (Å²) in [4.78, 5) is 11.4. The molecule has 1 fully saturated rings. The molecule has 1 unspecified atom stereocenters. The van der Waals surface area contributed by atoms with Gasteiger partial charge in [0.2, 0.25) is 5.91 Å². The maximum atomic E-state index is 11.4. The van der Waals surface area contributed by atoms with E-state index >= 15 is 0 Å². The van der Waals surface area contributed by atoms with Gasteiger partial charge in [0.15, 0.2) is 0 Å². The topological polar surface area (TPSA) is 73.6 Å². The van der Waals surface area contributed by atoms with Crippen LogP contribution < -0.4 is 11.1 Å². The van der Waals surface area contributed by atoms with Gasteiger partial charge in [-0.2, -0.15) is 0 Å². The molecule has 100 valence electrons. The number of rotatable bonds is 7. The molecule has 0 aromatic carbocycles. The van der Waals surface area contributed by atoms with Crippen LogP contribution >= 0.6 is 0 Å². The number of carbonyl (C=O) groups is 1. The largest absolute Gasteiger partial charge is 0.378 e. The molecule has 1 aliphatic heterocycles. The van der Waals surface area contributed by atoms with Gasteiger partial charge in [0.1, 0.15) is 0 Å². The van der Waals surface area contributed by atoms with Crippen molar-refractivity contribution in [3.8, 4) is 0 Å². The van der Waals surface area contributed by atoms with E-state index in [0.29, 0.717) is 26.2 Å². The smallest absolute Gasteiger partial charge is 0.222 e. The lowest BCUT2D eigenvalue weighted by Crippen LogP contribution is -2.45. The summed E-state index contributed by atoms with van der Waals surface area (Å²) in [5.41, 5.74) is 5.39. The summed E-state index contributed by atoms with van der Waals surface area (Å²) >= 11 is 0. The number of hydrogen-bond acceptors (Lipinski definition) is 4. The minimum atomic E-state index is -0.367. The lowest BCUT2D eigenvalue weighted by atomic mass is 10.1. The Morgan fingerprint density at radius 1 is 1.59 bits per heavy atom. The van der Waals surface area contributed by atoms with E-state index in [1.165, 1.54) is 0 Å². The predicted molar refractivity (Wildman–Crippen MR) is 65.7 cm³/mol. The highest BCUT2D eigenvalue weighted by molar-refractivity contribution is 5.76. The Morgan fingerprint density at radius 2 is 2.35 bits per heavy atom. The highest BCUT2D eigenvalue weighted by Gasteiger charge is 2.15. The first kappa shape index (κ1) is 14.4. The first-order valence-corrected chi connectivity index (χ1v) is 6.22. The van der Waals surface area contributed by atoms with Crippen molar-refractivity contribution < 1.29 is 14.3 Å². The molecule has 0 aromatic heterocycles. The first-order chi connectivity index (χ1) is 7.97. The molecule has 1 amide bonds. The lowest BCUT2D eigenvalue weighted by molar-refractivity contribution is -0.122. The summed E-state index contributed by atoms with van der Waals surface area (Å²) in [6.07, 6.45) is 2.78. The lowest BCUT2D eigenvalue weighted by Gasteiger charge is -2.18. The predicted octanol–water partition coefficient (Wildman–Crippen LogP) is 0.426. The van der Waals surface area contributed by atoms with Crippen LogP contribution in [0.15, 0.2) is 0 Å². The normalized spacial score (nSPS) is 20.5. The van der Waals surface area contributed by atoms with E-state index in [1.54, 1.807) is 0 Å². The van der Waals surface area contributed by atoms with Crippen molar-refractivity contribution in [3.05, 3.63) is 0 Å². The van der Waals surface area contributed by atoms with E-state index in [-0.39, 0.29) is 17.6 Å². The fraction of sp³-hybridized carbons (Fsp3) is 0.917. The van der Waals surface area contributed by atoms with Gasteiger partial charge in [-0.15, -0.1) is 0 Å². The number of carbonyl (C=O) groups excluding carboxylic acids is 1. The van der Waals surface area contributed by atoms with Gasteiger partial charge in [0, 0.05) is 25.1 Å². The molecule has 0 saturated carbocycles. The van der Waals surface area contributed by atoms with E-state index in [1.807, 2.05) is 13.8 Å². The highest BCUT2D eigenvalue weighted by atomic mass is 16.5. The van der Waals surface area contributed by atoms with Crippen LogP contribution in [0.1, 0.15) is 33.1 Å². The van der Waals surface area contributed by atoms with Gasteiger partial charge in [-0.1, -0.05) is 0 Å². The zero-order valence-electron chi connectivity index (χ0n) is 10.8. The van der Waals surface area contributed by atoms with Gasteiger partial charge in [0.05, 0.1) is 19.3 Å². The summed E-state index contributed by atoms with van der Waals surface area (Å²) < 4.78 is 10.8. The van der Waals surface area contributed by atoms with E-state index in [4.69, 9.17) is 15.2 Å². The summed E-state index contributed by atoms with van der Waals surface area (Å²) in [5.74, 6) is -0.0177. The highest BCUT2D eigenvalue weighted by Crippen LogP contribution is 2.11. The second-order valence-corrected chi connectivity index (χ2v) is 5.23. The van der Waals surface area contributed by atoms with Crippen LogP contribution in [0.2, 0.25) is 0 Å². The van der Waals surface area contributed by atoms with E-state index < -0.39 is 0 Å². The van der Waals surface area contributed by atoms with Crippen molar-refractivity contribution in [2.24, 2.45) is 5.73 Å². The third kappa shape index (κ3) is 7.31. The minimum Gasteiger partial charge on any atom is -0.378 e. The summed E-state index contributed by atoms with van der Waals surface area (Å²) in [6.45, 7) is 6.10. The van der Waals surface area contributed by atoms with Gasteiger partial charge < -0.3 is 20.5 Å². The number of hydrogen-bond donors (Lipinski definition) is 2. The molecule has 1 saturated heterocycles. The Hall–Kier alpha value is -0.650. The molecule has 0 aromatic rings. The van der Waals surface area contributed by atoms with E-state index in [2.05, 4.69) is 5.32 Å². The fourth-order valence-corrected chi connectivity index (χ4v) is 1.57. The third-order valence-electron chi connectivity index (χ3n) is 2.54. The van der Waals surface area contributed by atoms with Crippen molar-refractivity contribution in [1.29, 1.82) is 0 Å². The van der Waals surface area contributed by atoms with Gasteiger partial charge in [-0.3, -0.25) is 4.79 Å². The Balaban J connectivity index is 1.96. The number of ether oxygens (including phenoxy) is 2. The van der Waals surface area contributed by atoms with Gasteiger partial charge in [-0.25, -0.2) is 0 Å². The van der Waals surface area contributed by atoms with E-state index in [9.17, 15) is 4.79 Å². The molecule has 0 aliphatic carbocycles. The molecular formula is C12H24N2O3. The molecule has 1 atom stereocenters. The van der Waals surface area contributed by atoms with Crippen molar-refractivity contribution in [2.75, 3.05) is 26.4 Å². The molecule has 5 heteroatoms. The summed E-state index contributed by atoms with van der Waals surface area (Å²) in [7, 11) is 0. The van der Waals surface area contributed by atoms with Gasteiger partial charge in [-0.05, 0) is 26.7 Å². The standard InChI is InChI=1S/C12H24N2O3/c1-12(2,13)9-14-11(15)5-7-16-8-10-4-3-6-17-10/h10H,3-9,13H2,1-2H3,(H,14,15). The van der Waals surface area contributed by atoms with Crippen LogP contribution in [-0.2, 0) is 14.3 Å². The molecule has 5 nitrogen and oxygen atoms in total. The minimum absolute atomic E-state index is 0.0177. The van der Waals surface area contributed by atoms with Crippen molar-refractivity contribution in [2.45, 2.75) is 44.8 Å². The Morgan fingerprint density at radius 3 is 2.94 bits per heavy atom. The molecule has 17 heavy (non-hydrogen) atoms. The zero-order valence-corrected chi connectivity index (χ0v) is 10.8. The molecule has 0 radical (unpaired) electrons. The quantitative estimate of drug-likeness (QED) is 0.637. The van der Waals surface area contributed by atoms with Crippen molar-refractivity contribution in [1.82, 2.24) is 5.32 Å². The van der Waals surface area contributed by atoms with Crippen LogP contribution in [0.3, 0.4) is 0 Å². The van der Waals surface area contributed by atoms with Crippen LogP contribution in [0, 0.1) is 0 Å². The Kier molecular flexibility index (Phi) is 5.88. The maximum Gasteiger partial charge on any atom is 0.222 e. The second-order valence-electron chi connectivity index (χ2n) is 5.23. The third-order valence-corrected chi connectivity index (χ3v) is 2.54. The van der Waals surface area contributed by atoms with Crippen molar-refractivity contribution in [3.63, 3.8) is 0 Å². The Labute approximate surface area is 103 Å². The number of nitrogens with one attached hydrogen (secondary N) is 1. The van der Waals surface area contributed by atoms with Crippen LogP contribution in [0.25, 0.3) is 0 Å². The summed E-state index contributed by atoms with van der Waals surface area (Å²) in [6, 6.07) is 0. The molecule has 1 aliphatic rings. The van der Waals surface area contributed by atoms with Crippen LogP contribution in [0.5, 0.6) is 0 Å². The van der Waals surface area contributed by atoms with Gasteiger partial charge in [0.25, 0.3) is 0 Å². The molecule has 0 spiro atoms. The van der Waals surface area contributed by atoms with Gasteiger partial charge >= 0.3 is 0 Å². The molecule has 0 bridgehead atoms. The van der Waals surface area contributed by atoms with Crippen molar-refractivity contribution >= 4 is 5.91 Å². The zero-order chi connectivity index (χ0) is 12.7. The Bertz CT molecular complexity index is 232.